The normalized spacial score (nSPS) is 26.1. The quantitative estimate of drug-likeness (QED) is 0.879. The van der Waals surface area contributed by atoms with Crippen molar-refractivity contribution in [2.24, 2.45) is 0 Å². The molecule has 6 nitrogen and oxygen atoms in total. The minimum absolute atomic E-state index is 0.0813. The number of likely N-dealkylation sites (tertiary alicyclic amines) is 1. The van der Waals surface area contributed by atoms with Crippen molar-refractivity contribution < 1.29 is 9.59 Å². The van der Waals surface area contributed by atoms with E-state index in [0.29, 0.717) is 19.1 Å². The molecule has 3 atom stereocenters. The maximum Gasteiger partial charge on any atom is 0.318 e. The van der Waals surface area contributed by atoms with Crippen molar-refractivity contribution in [3.8, 4) is 0 Å². The van der Waals surface area contributed by atoms with Crippen LogP contribution in [-0.2, 0) is 4.79 Å². The molecule has 0 radical (unpaired) electrons. The highest BCUT2D eigenvalue weighted by Gasteiger charge is 2.33. The van der Waals surface area contributed by atoms with Gasteiger partial charge in [0.25, 0.3) is 0 Å². The van der Waals surface area contributed by atoms with E-state index in [1.807, 2.05) is 6.07 Å². The summed E-state index contributed by atoms with van der Waals surface area (Å²) in [5.41, 5.74) is 1.30. The third kappa shape index (κ3) is 3.53. The molecule has 1 aromatic rings. The lowest BCUT2D eigenvalue weighted by molar-refractivity contribution is -0.126. The van der Waals surface area contributed by atoms with Gasteiger partial charge in [-0.25, -0.2) is 4.79 Å². The zero-order chi connectivity index (χ0) is 17.1. The van der Waals surface area contributed by atoms with Crippen molar-refractivity contribution in [3.63, 3.8) is 0 Å². The molecule has 3 amide bonds. The van der Waals surface area contributed by atoms with Gasteiger partial charge in [-0.3, -0.25) is 9.69 Å². The molecule has 2 aliphatic rings. The fraction of sp³-hybridized carbons (Fsp3) is 0.556. The van der Waals surface area contributed by atoms with Crippen LogP contribution in [0.5, 0.6) is 0 Å². The molecule has 24 heavy (non-hydrogen) atoms. The van der Waals surface area contributed by atoms with Gasteiger partial charge >= 0.3 is 6.03 Å². The lowest BCUT2D eigenvalue weighted by atomic mass is 10.1. The molecule has 0 aliphatic carbocycles. The molecule has 0 saturated carbocycles. The molecule has 2 heterocycles. The maximum absolute atomic E-state index is 12.5. The van der Waals surface area contributed by atoms with E-state index in [-0.39, 0.29) is 18.0 Å². The first-order chi connectivity index (χ1) is 11.6. The topological polar surface area (TPSA) is 64.7 Å². The molecule has 2 saturated heterocycles. The van der Waals surface area contributed by atoms with Crippen molar-refractivity contribution in [3.05, 3.63) is 35.9 Å². The number of rotatable bonds is 3. The summed E-state index contributed by atoms with van der Waals surface area (Å²) in [5.74, 6) is -0.0813. The Morgan fingerprint density at radius 3 is 2.79 bits per heavy atom. The van der Waals surface area contributed by atoms with E-state index in [4.69, 9.17) is 0 Å². The largest absolute Gasteiger partial charge is 0.353 e. The Morgan fingerprint density at radius 2 is 2.04 bits per heavy atom. The SMILES string of the molecule is C[C@H](c1ccccc1)N1CC[C@@H](NC(=O)N2CCNC(=O)[C@@H]2C)C1. The Hall–Kier alpha value is -2.08. The molecule has 1 aromatic carbocycles. The van der Waals surface area contributed by atoms with Gasteiger partial charge in [0.1, 0.15) is 6.04 Å². The van der Waals surface area contributed by atoms with Crippen molar-refractivity contribution >= 4 is 11.9 Å². The summed E-state index contributed by atoms with van der Waals surface area (Å²) in [6, 6.07) is 10.4. The van der Waals surface area contributed by atoms with Crippen LogP contribution in [0.4, 0.5) is 4.79 Å². The number of benzene rings is 1. The monoisotopic (exact) mass is 330 g/mol. The fourth-order valence-corrected chi connectivity index (χ4v) is 3.52. The van der Waals surface area contributed by atoms with Gasteiger partial charge in [-0.1, -0.05) is 30.3 Å². The molecular weight excluding hydrogens is 304 g/mol. The maximum atomic E-state index is 12.5. The van der Waals surface area contributed by atoms with Gasteiger partial charge in [-0.05, 0) is 25.8 Å². The zero-order valence-electron chi connectivity index (χ0n) is 14.4. The number of hydrogen-bond acceptors (Lipinski definition) is 3. The van der Waals surface area contributed by atoms with Gasteiger partial charge in [0.2, 0.25) is 5.91 Å². The molecule has 0 bridgehead atoms. The predicted octanol–water partition coefficient (Wildman–Crippen LogP) is 1.35. The first-order valence-electron chi connectivity index (χ1n) is 8.70. The summed E-state index contributed by atoms with van der Waals surface area (Å²) in [7, 11) is 0. The summed E-state index contributed by atoms with van der Waals surface area (Å²) in [4.78, 5) is 28.2. The van der Waals surface area contributed by atoms with E-state index in [1.165, 1.54) is 5.56 Å². The van der Waals surface area contributed by atoms with Crippen LogP contribution in [-0.4, -0.2) is 60.0 Å². The fourth-order valence-electron chi connectivity index (χ4n) is 3.52. The number of carbonyl (C=O) groups is 2. The van der Waals surface area contributed by atoms with Gasteiger partial charge < -0.3 is 15.5 Å². The Morgan fingerprint density at radius 1 is 1.29 bits per heavy atom. The summed E-state index contributed by atoms with van der Waals surface area (Å²) >= 11 is 0. The average Bonchev–Trinajstić information content (AvgIpc) is 3.05. The van der Waals surface area contributed by atoms with Crippen LogP contribution in [0.3, 0.4) is 0 Å². The number of hydrogen-bond donors (Lipinski definition) is 2. The lowest BCUT2D eigenvalue weighted by Crippen LogP contribution is -2.59. The molecule has 3 rings (SSSR count). The van der Waals surface area contributed by atoms with Gasteiger partial charge in [-0.2, -0.15) is 0 Å². The molecule has 6 heteroatoms. The summed E-state index contributed by atoms with van der Waals surface area (Å²) in [6.45, 7) is 6.88. The molecule has 0 unspecified atom stereocenters. The molecule has 0 aromatic heterocycles. The third-order valence-electron chi connectivity index (χ3n) is 5.14. The summed E-state index contributed by atoms with van der Waals surface area (Å²) in [5, 5.41) is 5.88. The smallest absolute Gasteiger partial charge is 0.318 e. The van der Waals surface area contributed by atoms with Crippen LogP contribution in [0.25, 0.3) is 0 Å². The Balaban J connectivity index is 1.54. The zero-order valence-corrected chi connectivity index (χ0v) is 14.4. The molecule has 2 N–H and O–H groups in total. The van der Waals surface area contributed by atoms with Crippen LogP contribution in [0.1, 0.15) is 31.9 Å². The number of piperazine rings is 1. The minimum Gasteiger partial charge on any atom is -0.353 e. The summed E-state index contributed by atoms with van der Waals surface area (Å²) in [6.07, 6.45) is 0.942. The average molecular weight is 330 g/mol. The van der Waals surface area contributed by atoms with Gasteiger partial charge in [0.05, 0.1) is 0 Å². The highest BCUT2D eigenvalue weighted by atomic mass is 16.2. The van der Waals surface area contributed by atoms with Crippen LogP contribution in [0, 0.1) is 0 Å². The molecular formula is C18H26N4O2. The van der Waals surface area contributed by atoms with E-state index < -0.39 is 6.04 Å². The number of nitrogens with one attached hydrogen (secondary N) is 2. The highest BCUT2D eigenvalue weighted by Crippen LogP contribution is 2.24. The number of urea groups is 1. The molecule has 2 fully saturated rings. The van der Waals surface area contributed by atoms with Crippen LogP contribution in [0.15, 0.2) is 30.3 Å². The van der Waals surface area contributed by atoms with E-state index >= 15 is 0 Å². The van der Waals surface area contributed by atoms with Crippen molar-refractivity contribution in [1.82, 2.24) is 20.4 Å². The van der Waals surface area contributed by atoms with E-state index in [1.54, 1.807) is 11.8 Å². The van der Waals surface area contributed by atoms with Crippen LogP contribution in [0.2, 0.25) is 0 Å². The first kappa shape index (κ1) is 16.8. The van der Waals surface area contributed by atoms with Gasteiger partial charge in [0, 0.05) is 38.3 Å². The second-order valence-electron chi connectivity index (χ2n) is 6.68. The lowest BCUT2D eigenvalue weighted by Gasteiger charge is -2.33. The van der Waals surface area contributed by atoms with Gasteiger partial charge in [0.15, 0.2) is 0 Å². The van der Waals surface area contributed by atoms with E-state index in [2.05, 4.69) is 46.7 Å². The van der Waals surface area contributed by atoms with E-state index in [0.717, 1.165) is 19.5 Å². The van der Waals surface area contributed by atoms with Crippen LogP contribution < -0.4 is 10.6 Å². The Labute approximate surface area is 143 Å². The molecule has 2 aliphatic heterocycles. The number of amides is 3. The standard InChI is InChI=1S/C18H26N4O2/c1-13(15-6-4-3-5-7-15)21-10-8-16(12-21)20-18(24)22-11-9-19-17(23)14(22)2/h3-7,13-14,16H,8-12H2,1-2H3,(H,19,23)(H,20,24)/t13-,14+,16-/m1/s1. The number of nitrogens with zero attached hydrogens (tertiary/aromatic N) is 2. The van der Waals surface area contributed by atoms with Crippen molar-refractivity contribution in [2.75, 3.05) is 26.2 Å². The van der Waals surface area contributed by atoms with Gasteiger partial charge in [-0.15, -0.1) is 0 Å². The van der Waals surface area contributed by atoms with Crippen LogP contribution >= 0.6 is 0 Å². The predicted molar refractivity (Wildman–Crippen MR) is 92.5 cm³/mol. The first-order valence-corrected chi connectivity index (χ1v) is 8.70. The Kier molecular flexibility index (Phi) is 5.04. The molecule has 0 spiro atoms. The highest BCUT2D eigenvalue weighted by molar-refractivity contribution is 5.87. The van der Waals surface area contributed by atoms with E-state index in [9.17, 15) is 9.59 Å². The Bertz CT molecular complexity index is 592. The third-order valence-corrected chi connectivity index (χ3v) is 5.14. The van der Waals surface area contributed by atoms with Crippen molar-refractivity contribution in [2.45, 2.75) is 38.4 Å². The number of carbonyl (C=O) groups excluding carboxylic acids is 2. The van der Waals surface area contributed by atoms with Crippen molar-refractivity contribution in [1.29, 1.82) is 0 Å². The molecule has 130 valence electrons. The second kappa shape index (κ2) is 7.21. The minimum atomic E-state index is -0.403. The second-order valence-corrected chi connectivity index (χ2v) is 6.68. The summed E-state index contributed by atoms with van der Waals surface area (Å²) < 4.78 is 0.